The summed E-state index contributed by atoms with van der Waals surface area (Å²) in [5.41, 5.74) is 2.38. The average molecular weight is 355 g/mol. The molecule has 1 N–H and O–H groups in total. The fraction of sp³-hybridized carbons (Fsp3) is 0.250. The number of methoxy groups -OCH3 is 1. The Bertz CT molecular complexity index is 588. The van der Waals surface area contributed by atoms with Crippen molar-refractivity contribution in [2.75, 3.05) is 7.11 Å². The lowest BCUT2D eigenvalue weighted by atomic mass is 10.1. The van der Waals surface area contributed by atoms with Crippen LogP contribution in [0.25, 0.3) is 0 Å². The first-order valence-corrected chi connectivity index (χ1v) is 7.59. The van der Waals surface area contributed by atoms with Crippen LogP contribution in [-0.4, -0.2) is 7.11 Å². The second-order valence-corrected chi connectivity index (χ2v) is 5.85. The molecule has 2 nitrogen and oxygen atoms in total. The van der Waals surface area contributed by atoms with Gasteiger partial charge in [0.15, 0.2) is 0 Å². The molecule has 0 heterocycles. The van der Waals surface area contributed by atoms with Crippen LogP contribution in [0, 0.1) is 0 Å². The first-order valence-electron chi connectivity index (χ1n) is 6.42. The lowest BCUT2D eigenvalue weighted by Gasteiger charge is -2.16. The zero-order valence-electron chi connectivity index (χ0n) is 11.5. The van der Waals surface area contributed by atoms with Gasteiger partial charge < -0.3 is 10.1 Å². The summed E-state index contributed by atoms with van der Waals surface area (Å²) in [6, 6.07) is 14.3. The van der Waals surface area contributed by atoms with Crippen molar-refractivity contribution in [2.24, 2.45) is 0 Å². The van der Waals surface area contributed by atoms with Gasteiger partial charge in [-0.05, 0) is 36.2 Å². The number of hydrogen-bond acceptors (Lipinski definition) is 2. The van der Waals surface area contributed by atoms with Crippen molar-refractivity contribution in [3.05, 3.63) is 63.1 Å². The molecule has 1 unspecified atom stereocenters. The number of hydrogen-bond donors (Lipinski definition) is 1. The average Bonchev–Trinajstić information content (AvgIpc) is 2.45. The lowest BCUT2D eigenvalue weighted by Crippen LogP contribution is -2.18. The maximum atomic E-state index is 6.13. The SMILES string of the molecule is COc1ccc(CNC(C)c2ccccc2Br)cc1Cl. The molecular weight excluding hydrogens is 338 g/mol. The molecule has 2 rings (SSSR count). The van der Waals surface area contributed by atoms with Crippen LogP contribution in [0.1, 0.15) is 24.1 Å². The van der Waals surface area contributed by atoms with Gasteiger partial charge in [0.05, 0.1) is 12.1 Å². The Morgan fingerprint density at radius 1 is 1.25 bits per heavy atom. The monoisotopic (exact) mass is 353 g/mol. The zero-order valence-corrected chi connectivity index (χ0v) is 13.8. The molecule has 0 aliphatic rings. The molecule has 4 heteroatoms. The van der Waals surface area contributed by atoms with Gasteiger partial charge in [0.1, 0.15) is 5.75 Å². The third kappa shape index (κ3) is 3.75. The smallest absolute Gasteiger partial charge is 0.137 e. The Balaban J connectivity index is 2.02. The van der Waals surface area contributed by atoms with E-state index in [-0.39, 0.29) is 6.04 Å². The van der Waals surface area contributed by atoms with Crippen molar-refractivity contribution in [3.63, 3.8) is 0 Å². The van der Waals surface area contributed by atoms with E-state index in [9.17, 15) is 0 Å². The number of nitrogens with one attached hydrogen (secondary N) is 1. The molecule has 0 radical (unpaired) electrons. The van der Waals surface area contributed by atoms with Crippen LogP contribution in [0.5, 0.6) is 5.75 Å². The summed E-state index contributed by atoms with van der Waals surface area (Å²) in [4.78, 5) is 0. The maximum absolute atomic E-state index is 6.13. The van der Waals surface area contributed by atoms with Crippen LogP contribution in [0.2, 0.25) is 5.02 Å². The molecule has 1 atom stereocenters. The van der Waals surface area contributed by atoms with Crippen LogP contribution < -0.4 is 10.1 Å². The Labute approximate surface area is 133 Å². The molecule has 0 saturated carbocycles. The van der Waals surface area contributed by atoms with Crippen molar-refractivity contribution in [3.8, 4) is 5.75 Å². The largest absolute Gasteiger partial charge is 0.495 e. The number of halogens is 2. The number of benzene rings is 2. The van der Waals surface area contributed by atoms with E-state index in [1.807, 2.05) is 30.3 Å². The molecule has 0 aliphatic carbocycles. The van der Waals surface area contributed by atoms with Crippen LogP contribution in [0.15, 0.2) is 46.9 Å². The standard InChI is InChI=1S/C16H17BrClNO/c1-11(13-5-3-4-6-14(13)17)19-10-12-7-8-16(20-2)15(18)9-12/h3-9,11,19H,10H2,1-2H3. The Kier molecular flexibility index (Phi) is 5.46. The van der Waals surface area contributed by atoms with Crippen molar-refractivity contribution in [1.29, 1.82) is 0 Å². The number of ether oxygens (including phenoxy) is 1. The summed E-state index contributed by atoms with van der Waals surface area (Å²) in [6.07, 6.45) is 0. The summed E-state index contributed by atoms with van der Waals surface area (Å²) >= 11 is 9.70. The van der Waals surface area contributed by atoms with E-state index in [1.165, 1.54) is 5.56 Å². The molecule has 0 bridgehead atoms. The van der Waals surface area contributed by atoms with Gasteiger partial charge in [0.25, 0.3) is 0 Å². The van der Waals surface area contributed by atoms with E-state index in [0.717, 1.165) is 16.6 Å². The fourth-order valence-electron chi connectivity index (χ4n) is 2.03. The highest BCUT2D eigenvalue weighted by Gasteiger charge is 2.08. The van der Waals surface area contributed by atoms with E-state index in [2.05, 4.69) is 40.3 Å². The predicted molar refractivity (Wildman–Crippen MR) is 87.4 cm³/mol. The molecule has 20 heavy (non-hydrogen) atoms. The van der Waals surface area contributed by atoms with Crippen molar-refractivity contribution >= 4 is 27.5 Å². The van der Waals surface area contributed by atoms with Gasteiger partial charge in [-0.3, -0.25) is 0 Å². The molecule has 2 aromatic rings. The Hall–Kier alpha value is -1.03. The fourth-order valence-corrected chi connectivity index (χ4v) is 2.94. The van der Waals surface area contributed by atoms with Crippen LogP contribution in [-0.2, 0) is 6.54 Å². The highest BCUT2D eigenvalue weighted by Crippen LogP contribution is 2.26. The van der Waals surface area contributed by atoms with Gasteiger partial charge in [-0.15, -0.1) is 0 Å². The van der Waals surface area contributed by atoms with Crippen molar-refractivity contribution < 1.29 is 4.74 Å². The second-order valence-electron chi connectivity index (χ2n) is 4.59. The highest BCUT2D eigenvalue weighted by atomic mass is 79.9. The van der Waals surface area contributed by atoms with Crippen LogP contribution in [0.4, 0.5) is 0 Å². The molecule has 2 aromatic carbocycles. The summed E-state index contributed by atoms with van der Waals surface area (Å²) < 4.78 is 6.27. The molecule has 0 fully saturated rings. The van der Waals surface area contributed by atoms with E-state index in [4.69, 9.17) is 16.3 Å². The first kappa shape index (κ1) is 15.4. The van der Waals surface area contributed by atoms with Gasteiger partial charge >= 0.3 is 0 Å². The molecule has 0 spiro atoms. The summed E-state index contributed by atoms with van der Waals surface area (Å²) in [7, 11) is 1.62. The summed E-state index contributed by atoms with van der Waals surface area (Å²) in [5.74, 6) is 0.703. The van der Waals surface area contributed by atoms with Crippen LogP contribution >= 0.6 is 27.5 Å². The summed E-state index contributed by atoms with van der Waals surface area (Å²) in [6.45, 7) is 2.90. The second kappa shape index (κ2) is 7.11. The van der Waals surface area contributed by atoms with Crippen LogP contribution in [0.3, 0.4) is 0 Å². The van der Waals surface area contributed by atoms with Gasteiger partial charge in [-0.25, -0.2) is 0 Å². The normalized spacial score (nSPS) is 12.2. The number of rotatable bonds is 5. The predicted octanol–water partition coefficient (Wildman–Crippen LogP) is 4.96. The van der Waals surface area contributed by atoms with E-state index in [0.29, 0.717) is 10.8 Å². The van der Waals surface area contributed by atoms with Crippen molar-refractivity contribution in [1.82, 2.24) is 5.32 Å². The minimum Gasteiger partial charge on any atom is -0.495 e. The Morgan fingerprint density at radius 3 is 2.65 bits per heavy atom. The molecule has 0 saturated heterocycles. The van der Waals surface area contributed by atoms with E-state index < -0.39 is 0 Å². The molecule has 0 aromatic heterocycles. The minimum atomic E-state index is 0.256. The van der Waals surface area contributed by atoms with Crippen molar-refractivity contribution in [2.45, 2.75) is 19.5 Å². The van der Waals surface area contributed by atoms with Gasteiger partial charge in [0.2, 0.25) is 0 Å². The summed E-state index contributed by atoms with van der Waals surface area (Å²) in [5, 5.41) is 4.13. The van der Waals surface area contributed by atoms with Gasteiger partial charge in [-0.1, -0.05) is 51.8 Å². The van der Waals surface area contributed by atoms with Gasteiger partial charge in [-0.2, -0.15) is 0 Å². The Morgan fingerprint density at radius 2 is 2.00 bits per heavy atom. The zero-order chi connectivity index (χ0) is 14.5. The van der Waals surface area contributed by atoms with E-state index in [1.54, 1.807) is 7.11 Å². The highest BCUT2D eigenvalue weighted by molar-refractivity contribution is 9.10. The molecular formula is C16H17BrClNO. The topological polar surface area (TPSA) is 21.3 Å². The van der Waals surface area contributed by atoms with E-state index >= 15 is 0 Å². The third-order valence-electron chi connectivity index (χ3n) is 3.20. The maximum Gasteiger partial charge on any atom is 0.137 e. The first-order chi connectivity index (χ1) is 9.61. The molecule has 0 amide bonds. The molecule has 0 aliphatic heterocycles. The lowest BCUT2D eigenvalue weighted by molar-refractivity contribution is 0.414. The quantitative estimate of drug-likeness (QED) is 0.819. The van der Waals surface area contributed by atoms with Gasteiger partial charge in [0, 0.05) is 17.1 Å². The molecule has 106 valence electrons. The minimum absolute atomic E-state index is 0.256. The third-order valence-corrected chi connectivity index (χ3v) is 4.22.